The lowest BCUT2D eigenvalue weighted by Gasteiger charge is -2.32. The third-order valence-electron chi connectivity index (χ3n) is 3.79. The Morgan fingerprint density at radius 3 is 2.70 bits per heavy atom. The Balaban J connectivity index is 1.70. The van der Waals surface area contributed by atoms with Crippen molar-refractivity contribution in [2.75, 3.05) is 53.4 Å². The molecule has 0 N–H and O–H groups in total. The molecule has 1 aromatic rings. The summed E-state index contributed by atoms with van der Waals surface area (Å²) in [6, 6.07) is 5.43. The second-order valence-corrected chi connectivity index (χ2v) is 5.44. The zero-order valence-electron chi connectivity index (χ0n) is 12.5. The van der Waals surface area contributed by atoms with E-state index in [1.807, 2.05) is 19.2 Å². The predicted octanol–water partition coefficient (Wildman–Crippen LogP) is 0.791. The van der Waals surface area contributed by atoms with E-state index in [4.69, 9.17) is 0 Å². The quantitative estimate of drug-likeness (QED) is 0.797. The summed E-state index contributed by atoms with van der Waals surface area (Å²) in [4.78, 5) is 22.8. The summed E-state index contributed by atoms with van der Waals surface area (Å²) in [5.41, 5.74) is 0.523. The highest BCUT2D eigenvalue weighted by Crippen LogP contribution is 2.03. The second-order valence-electron chi connectivity index (χ2n) is 5.44. The normalized spacial score (nSPS) is 17.1. The lowest BCUT2D eigenvalue weighted by molar-refractivity contribution is 0.0777. The fourth-order valence-electron chi connectivity index (χ4n) is 2.39. The van der Waals surface area contributed by atoms with Crippen molar-refractivity contribution in [3.63, 3.8) is 0 Å². The first kappa shape index (κ1) is 14.9. The number of aromatic nitrogens is 1. The van der Waals surface area contributed by atoms with Crippen LogP contribution in [0.3, 0.4) is 0 Å². The zero-order chi connectivity index (χ0) is 14.4. The number of rotatable bonds is 5. The molecule has 1 aliphatic heterocycles. The van der Waals surface area contributed by atoms with Crippen molar-refractivity contribution in [2.45, 2.75) is 6.42 Å². The van der Waals surface area contributed by atoms with E-state index in [1.54, 1.807) is 17.2 Å². The number of amides is 1. The third-order valence-corrected chi connectivity index (χ3v) is 3.79. The Bertz CT molecular complexity index is 415. The van der Waals surface area contributed by atoms with Gasteiger partial charge in [-0.15, -0.1) is 0 Å². The first-order valence-electron chi connectivity index (χ1n) is 7.24. The molecule has 2 rings (SSSR count). The molecule has 2 heterocycles. The van der Waals surface area contributed by atoms with E-state index in [-0.39, 0.29) is 5.91 Å². The minimum Gasteiger partial charge on any atom is -0.340 e. The van der Waals surface area contributed by atoms with Crippen LogP contribution in [0.1, 0.15) is 16.9 Å². The molecule has 1 aromatic heterocycles. The van der Waals surface area contributed by atoms with Crippen LogP contribution in [0.2, 0.25) is 0 Å². The van der Waals surface area contributed by atoms with Crippen LogP contribution in [0.15, 0.2) is 24.4 Å². The van der Waals surface area contributed by atoms with Crippen molar-refractivity contribution in [2.24, 2.45) is 0 Å². The highest BCUT2D eigenvalue weighted by atomic mass is 16.2. The van der Waals surface area contributed by atoms with Gasteiger partial charge in [0.2, 0.25) is 0 Å². The van der Waals surface area contributed by atoms with Crippen LogP contribution >= 0.6 is 0 Å². The van der Waals surface area contributed by atoms with Crippen LogP contribution in [-0.4, -0.2) is 79.0 Å². The Morgan fingerprint density at radius 2 is 2.05 bits per heavy atom. The summed E-state index contributed by atoms with van der Waals surface area (Å²) in [7, 11) is 4.01. The van der Waals surface area contributed by atoms with E-state index in [1.165, 1.54) is 0 Å². The van der Waals surface area contributed by atoms with Crippen molar-refractivity contribution >= 4 is 5.91 Å². The molecule has 1 aliphatic rings. The highest BCUT2D eigenvalue weighted by Gasteiger charge is 2.15. The van der Waals surface area contributed by atoms with Gasteiger partial charge in [-0.1, -0.05) is 6.07 Å². The van der Waals surface area contributed by atoms with Gasteiger partial charge in [-0.05, 0) is 32.1 Å². The first-order valence-corrected chi connectivity index (χ1v) is 7.24. The summed E-state index contributed by atoms with van der Waals surface area (Å²) < 4.78 is 0. The zero-order valence-corrected chi connectivity index (χ0v) is 12.5. The van der Waals surface area contributed by atoms with Gasteiger partial charge in [0.15, 0.2) is 0 Å². The molecule has 20 heavy (non-hydrogen) atoms. The molecule has 0 aromatic carbocycles. The van der Waals surface area contributed by atoms with Crippen LogP contribution in [0.4, 0.5) is 0 Å². The molecule has 5 nitrogen and oxygen atoms in total. The van der Waals surface area contributed by atoms with Crippen molar-refractivity contribution in [3.8, 4) is 0 Å². The van der Waals surface area contributed by atoms with E-state index < -0.39 is 0 Å². The van der Waals surface area contributed by atoms with E-state index in [2.05, 4.69) is 21.8 Å². The average molecular weight is 276 g/mol. The SMILES string of the molecule is CN1CCN(CCCN(C)C(=O)c2ccccn2)CC1. The number of pyridine rings is 1. The molecule has 110 valence electrons. The minimum atomic E-state index is 0.00368. The van der Waals surface area contributed by atoms with E-state index in [0.29, 0.717) is 5.69 Å². The van der Waals surface area contributed by atoms with Gasteiger partial charge in [0.25, 0.3) is 5.91 Å². The lowest BCUT2D eigenvalue weighted by atomic mass is 10.2. The molecule has 0 bridgehead atoms. The van der Waals surface area contributed by atoms with Gasteiger partial charge in [0.1, 0.15) is 5.69 Å². The molecule has 1 amide bonds. The summed E-state index contributed by atoms with van der Waals surface area (Å²) in [6.07, 6.45) is 2.67. The van der Waals surface area contributed by atoms with Crippen LogP contribution in [0, 0.1) is 0 Å². The summed E-state index contributed by atoms with van der Waals surface area (Å²) >= 11 is 0. The summed E-state index contributed by atoms with van der Waals surface area (Å²) in [5, 5.41) is 0. The number of piperazine rings is 1. The van der Waals surface area contributed by atoms with Gasteiger partial charge in [-0.25, -0.2) is 0 Å². The third kappa shape index (κ3) is 4.28. The van der Waals surface area contributed by atoms with Crippen molar-refractivity contribution in [1.29, 1.82) is 0 Å². The molecular formula is C15H24N4O. The molecule has 0 saturated carbocycles. The molecule has 0 atom stereocenters. The lowest BCUT2D eigenvalue weighted by Crippen LogP contribution is -2.45. The molecule has 0 unspecified atom stereocenters. The molecule has 1 saturated heterocycles. The van der Waals surface area contributed by atoms with Gasteiger partial charge in [-0.2, -0.15) is 0 Å². The number of likely N-dealkylation sites (N-methyl/N-ethyl adjacent to an activating group) is 1. The average Bonchev–Trinajstić information content (AvgIpc) is 2.49. The minimum absolute atomic E-state index is 0.00368. The van der Waals surface area contributed by atoms with Gasteiger partial charge < -0.3 is 14.7 Å². The van der Waals surface area contributed by atoms with E-state index in [9.17, 15) is 4.79 Å². The Labute approximate surface area is 121 Å². The van der Waals surface area contributed by atoms with E-state index >= 15 is 0 Å². The molecule has 1 fully saturated rings. The van der Waals surface area contributed by atoms with Gasteiger partial charge in [-0.3, -0.25) is 9.78 Å². The van der Waals surface area contributed by atoms with Crippen molar-refractivity contribution in [3.05, 3.63) is 30.1 Å². The van der Waals surface area contributed by atoms with E-state index in [0.717, 1.165) is 45.7 Å². The van der Waals surface area contributed by atoms with Crippen LogP contribution in [0.5, 0.6) is 0 Å². The highest BCUT2D eigenvalue weighted by molar-refractivity contribution is 5.91. The van der Waals surface area contributed by atoms with Gasteiger partial charge in [0, 0.05) is 46.0 Å². The number of hydrogen-bond acceptors (Lipinski definition) is 4. The topological polar surface area (TPSA) is 39.7 Å². The number of carbonyl (C=O) groups is 1. The fraction of sp³-hybridized carbons (Fsp3) is 0.600. The van der Waals surface area contributed by atoms with Crippen molar-refractivity contribution < 1.29 is 4.79 Å². The molecule has 5 heteroatoms. The standard InChI is InChI=1S/C15H24N4O/c1-17-10-12-19(13-11-17)9-5-8-18(2)15(20)14-6-3-4-7-16-14/h3-4,6-7H,5,8-13H2,1-2H3. The second kappa shape index (κ2) is 7.36. The van der Waals surface area contributed by atoms with Crippen molar-refractivity contribution in [1.82, 2.24) is 19.7 Å². The van der Waals surface area contributed by atoms with Crippen LogP contribution in [0.25, 0.3) is 0 Å². The maximum absolute atomic E-state index is 12.1. The summed E-state index contributed by atoms with van der Waals surface area (Å²) in [6.45, 7) is 6.39. The molecular weight excluding hydrogens is 252 g/mol. The van der Waals surface area contributed by atoms with Gasteiger partial charge >= 0.3 is 0 Å². The Kier molecular flexibility index (Phi) is 5.49. The predicted molar refractivity (Wildman–Crippen MR) is 79.8 cm³/mol. The fourth-order valence-corrected chi connectivity index (χ4v) is 2.39. The molecule has 0 aliphatic carbocycles. The smallest absolute Gasteiger partial charge is 0.272 e. The maximum atomic E-state index is 12.1. The monoisotopic (exact) mass is 276 g/mol. The number of carbonyl (C=O) groups excluding carboxylic acids is 1. The van der Waals surface area contributed by atoms with Crippen LogP contribution < -0.4 is 0 Å². The first-order chi connectivity index (χ1) is 9.66. The molecule has 0 spiro atoms. The molecule has 0 radical (unpaired) electrons. The maximum Gasteiger partial charge on any atom is 0.272 e. The van der Waals surface area contributed by atoms with Gasteiger partial charge in [0.05, 0.1) is 0 Å². The number of hydrogen-bond donors (Lipinski definition) is 0. The van der Waals surface area contributed by atoms with Crippen LogP contribution in [-0.2, 0) is 0 Å². The summed E-state index contributed by atoms with van der Waals surface area (Å²) in [5.74, 6) is 0.00368. The number of nitrogens with zero attached hydrogens (tertiary/aromatic N) is 4. The Morgan fingerprint density at radius 1 is 1.30 bits per heavy atom. The largest absolute Gasteiger partial charge is 0.340 e. The Hall–Kier alpha value is -1.46.